The van der Waals surface area contributed by atoms with Crippen molar-refractivity contribution in [3.63, 3.8) is 0 Å². The van der Waals surface area contributed by atoms with E-state index in [2.05, 4.69) is 17.4 Å². The Kier molecular flexibility index (Phi) is 5.80. The number of hydrogen-bond acceptors (Lipinski definition) is 2. The van der Waals surface area contributed by atoms with Crippen LogP contribution in [0.4, 0.5) is 5.69 Å². The van der Waals surface area contributed by atoms with Crippen molar-refractivity contribution in [2.45, 2.75) is 19.9 Å². The Labute approximate surface area is 181 Å². The molecule has 1 amide bonds. The monoisotopic (exact) mass is 413 g/mol. The number of nitrogens with one attached hydrogen (secondary N) is 1. The number of amides is 1. The number of hydrogen-bond donors (Lipinski definition) is 1. The van der Waals surface area contributed by atoms with Gasteiger partial charge in [0.2, 0.25) is 6.54 Å². The maximum absolute atomic E-state index is 12.9. The van der Waals surface area contributed by atoms with E-state index in [0.717, 1.165) is 12.1 Å². The molecule has 2 aromatic carbocycles. The Morgan fingerprint density at radius 1 is 0.903 bits per heavy atom. The lowest BCUT2D eigenvalue weighted by Gasteiger charge is -2.07. The molecule has 0 aliphatic heterocycles. The molecule has 2 aromatic heterocycles. The van der Waals surface area contributed by atoms with Gasteiger partial charge in [-0.05, 0) is 36.6 Å². The summed E-state index contributed by atoms with van der Waals surface area (Å²) >= 11 is 0. The van der Waals surface area contributed by atoms with Crippen molar-refractivity contribution in [3.8, 4) is 5.69 Å². The number of benzene rings is 2. The number of nitrogens with zero attached hydrogens (tertiary/aromatic N) is 3. The molecule has 0 spiro atoms. The molecule has 0 radical (unpaired) electrons. The van der Waals surface area contributed by atoms with E-state index in [0.29, 0.717) is 11.4 Å². The van der Waals surface area contributed by atoms with Crippen molar-refractivity contribution in [3.05, 3.63) is 112 Å². The summed E-state index contributed by atoms with van der Waals surface area (Å²) in [5.41, 5.74) is 3.92. The number of aromatic nitrogens is 3. The Hall–Kier alpha value is -3.93. The Balaban J connectivity index is 1.46. The average molecular weight is 414 g/mol. The van der Waals surface area contributed by atoms with Crippen LogP contribution in [0.25, 0.3) is 5.69 Å². The lowest BCUT2D eigenvalue weighted by atomic mass is 10.1. The molecule has 0 aliphatic carbocycles. The molecule has 0 bridgehead atoms. The largest absolute Gasteiger partial charge is 0.314 e. The van der Waals surface area contributed by atoms with Gasteiger partial charge in [-0.3, -0.25) is 14.3 Å². The normalized spacial score (nSPS) is 10.8. The molecule has 31 heavy (non-hydrogen) atoms. The highest BCUT2D eigenvalue weighted by molar-refractivity contribution is 5.90. The van der Waals surface area contributed by atoms with Gasteiger partial charge in [0.05, 0.1) is 11.4 Å². The second-order valence-corrected chi connectivity index (χ2v) is 7.53. The minimum absolute atomic E-state index is 0.130. The molecule has 6 nitrogen and oxygen atoms in total. The fourth-order valence-electron chi connectivity index (χ4n) is 3.60. The lowest BCUT2D eigenvalue weighted by molar-refractivity contribution is -0.684. The SMILES string of the molecule is Cc1c(NC(=O)C[n+]2ccc(Cc3ccccc3)cc2)c(=O)n(-c2ccccc2)n1C. The third kappa shape index (κ3) is 4.48. The first-order chi connectivity index (χ1) is 15.0. The first kappa shape index (κ1) is 20.3. The summed E-state index contributed by atoms with van der Waals surface area (Å²) in [6, 6.07) is 23.6. The summed E-state index contributed by atoms with van der Waals surface area (Å²) in [6.07, 6.45) is 4.62. The zero-order valence-corrected chi connectivity index (χ0v) is 17.7. The van der Waals surface area contributed by atoms with Crippen LogP contribution in [-0.4, -0.2) is 15.3 Å². The van der Waals surface area contributed by atoms with Crippen LogP contribution in [0.5, 0.6) is 0 Å². The molecule has 0 unspecified atom stereocenters. The van der Waals surface area contributed by atoms with Gasteiger partial charge in [0, 0.05) is 19.2 Å². The summed E-state index contributed by atoms with van der Waals surface area (Å²) in [5, 5.41) is 2.80. The summed E-state index contributed by atoms with van der Waals surface area (Å²) in [6.45, 7) is 1.95. The molecule has 0 fully saturated rings. The van der Waals surface area contributed by atoms with E-state index in [4.69, 9.17) is 0 Å². The van der Waals surface area contributed by atoms with Crippen LogP contribution in [0.1, 0.15) is 16.8 Å². The first-order valence-electron chi connectivity index (χ1n) is 10.2. The fraction of sp³-hybridized carbons (Fsp3) is 0.160. The lowest BCUT2D eigenvalue weighted by Crippen LogP contribution is -2.40. The van der Waals surface area contributed by atoms with Gasteiger partial charge in [-0.15, -0.1) is 0 Å². The maximum Gasteiger partial charge on any atom is 0.295 e. The number of carbonyl (C=O) groups is 1. The molecule has 0 atom stereocenters. The second-order valence-electron chi connectivity index (χ2n) is 7.53. The molecular formula is C25H25N4O2+. The second kappa shape index (κ2) is 8.83. The number of carbonyl (C=O) groups excluding carboxylic acids is 1. The van der Waals surface area contributed by atoms with E-state index in [9.17, 15) is 9.59 Å². The van der Waals surface area contributed by atoms with Gasteiger partial charge in [0.25, 0.3) is 11.5 Å². The molecule has 6 heteroatoms. The van der Waals surface area contributed by atoms with Crippen LogP contribution in [0, 0.1) is 6.92 Å². The number of anilines is 1. The van der Waals surface area contributed by atoms with E-state index >= 15 is 0 Å². The van der Waals surface area contributed by atoms with E-state index in [1.807, 2.05) is 80.0 Å². The predicted molar refractivity (Wildman–Crippen MR) is 120 cm³/mol. The summed E-state index contributed by atoms with van der Waals surface area (Å²) in [5.74, 6) is -0.244. The molecule has 4 aromatic rings. The molecule has 156 valence electrons. The number of rotatable bonds is 6. The maximum atomic E-state index is 12.9. The highest BCUT2D eigenvalue weighted by Crippen LogP contribution is 2.14. The molecule has 0 saturated heterocycles. The minimum atomic E-state index is -0.247. The number of pyridine rings is 1. The van der Waals surface area contributed by atoms with Gasteiger partial charge in [0.15, 0.2) is 12.4 Å². The quantitative estimate of drug-likeness (QED) is 0.494. The Bertz CT molecular complexity index is 1240. The molecule has 4 rings (SSSR count). The van der Waals surface area contributed by atoms with Gasteiger partial charge >= 0.3 is 0 Å². The molecule has 1 N–H and O–H groups in total. The Morgan fingerprint density at radius 3 is 2.13 bits per heavy atom. The molecule has 2 heterocycles. The third-order valence-electron chi connectivity index (χ3n) is 5.36. The zero-order valence-electron chi connectivity index (χ0n) is 17.7. The smallest absolute Gasteiger partial charge is 0.295 e. The van der Waals surface area contributed by atoms with Crippen molar-refractivity contribution in [1.29, 1.82) is 0 Å². The van der Waals surface area contributed by atoms with Crippen LogP contribution < -0.4 is 15.4 Å². The van der Waals surface area contributed by atoms with E-state index in [1.165, 1.54) is 11.1 Å². The average Bonchev–Trinajstić information content (AvgIpc) is 2.99. The van der Waals surface area contributed by atoms with Crippen LogP contribution in [0.2, 0.25) is 0 Å². The van der Waals surface area contributed by atoms with Crippen LogP contribution in [0.15, 0.2) is 90.0 Å². The van der Waals surface area contributed by atoms with Gasteiger partial charge in [-0.1, -0.05) is 48.5 Å². The number of para-hydroxylation sites is 1. The third-order valence-corrected chi connectivity index (χ3v) is 5.36. The summed E-state index contributed by atoms with van der Waals surface area (Å²) < 4.78 is 5.10. The van der Waals surface area contributed by atoms with Gasteiger partial charge in [0.1, 0.15) is 5.69 Å². The van der Waals surface area contributed by atoms with E-state index in [1.54, 1.807) is 21.0 Å². The van der Waals surface area contributed by atoms with Crippen LogP contribution in [0.3, 0.4) is 0 Å². The van der Waals surface area contributed by atoms with Gasteiger partial charge < -0.3 is 5.32 Å². The Morgan fingerprint density at radius 2 is 1.48 bits per heavy atom. The topological polar surface area (TPSA) is 59.9 Å². The highest BCUT2D eigenvalue weighted by atomic mass is 16.2. The summed E-state index contributed by atoms with van der Waals surface area (Å²) in [4.78, 5) is 25.6. The standard InChI is InChI=1S/C25H24N4O2/c1-19-24(25(31)29(27(19)2)22-11-7-4-8-12-22)26-23(30)18-28-15-13-21(14-16-28)17-20-9-5-3-6-10-20/h3-16H,17-18H2,1-2H3/p+1. The highest BCUT2D eigenvalue weighted by Gasteiger charge is 2.19. The van der Waals surface area contributed by atoms with Gasteiger partial charge in [-0.2, -0.15) is 4.57 Å². The molecule has 0 aliphatic rings. The zero-order chi connectivity index (χ0) is 21.8. The van der Waals surface area contributed by atoms with Gasteiger partial charge in [-0.25, -0.2) is 4.68 Å². The predicted octanol–water partition coefficient (Wildman–Crippen LogP) is 3.00. The summed E-state index contributed by atoms with van der Waals surface area (Å²) in [7, 11) is 1.81. The molecule has 0 saturated carbocycles. The minimum Gasteiger partial charge on any atom is -0.314 e. The van der Waals surface area contributed by atoms with E-state index in [-0.39, 0.29) is 18.0 Å². The first-order valence-corrected chi connectivity index (χ1v) is 10.2. The van der Waals surface area contributed by atoms with Crippen molar-refractivity contribution in [2.24, 2.45) is 7.05 Å². The van der Waals surface area contributed by atoms with Crippen LogP contribution >= 0.6 is 0 Å². The fourth-order valence-corrected chi connectivity index (χ4v) is 3.60. The van der Waals surface area contributed by atoms with Crippen molar-refractivity contribution < 1.29 is 9.36 Å². The van der Waals surface area contributed by atoms with Crippen molar-refractivity contribution in [2.75, 3.05) is 5.32 Å². The van der Waals surface area contributed by atoms with Crippen molar-refractivity contribution >= 4 is 11.6 Å². The van der Waals surface area contributed by atoms with Crippen molar-refractivity contribution in [1.82, 2.24) is 9.36 Å². The molecular weight excluding hydrogens is 388 g/mol. The van der Waals surface area contributed by atoms with Crippen LogP contribution in [-0.2, 0) is 24.8 Å². The van der Waals surface area contributed by atoms with E-state index < -0.39 is 0 Å².